The maximum atomic E-state index is 12.8. The van der Waals surface area contributed by atoms with E-state index in [1.807, 2.05) is 17.5 Å². The van der Waals surface area contributed by atoms with E-state index >= 15 is 0 Å². The van der Waals surface area contributed by atoms with Gasteiger partial charge in [0.1, 0.15) is 6.54 Å². The summed E-state index contributed by atoms with van der Waals surface area (Å²) in [6, 6.07) is 3.90. The smallest absolute Gasteiger partial charge is 0.279 e. The largest absolute Gasteiger partial charge is 0.350 e. The van der Waals surface area contributed by atoms with Crippen LogP contribution >= 0.6 is 22.7 Å². The summed E-state index contributed by atoms with van der Waals surface area (Å²) in [6.45, 7) is 2.59. The molecule has 0 spiro atoms. The molecule has 8 heteroatoms. The Morgan fingerprint density at radius 3 is 3.16 bits per heavy atom. The van der Waals surface area contributed by atoms with Gasteiger partial charge >= 0.3 is 0 Å². The summed E-state index contributed by atoms with van der Waals surface area (Å²) in [5.41, 5.74) is 0.911. The average molecular weight is 374 g/mol. The van der Waals surface area contributed by atoms with Crippen LogP contribution in [-0.4, -0.2) is 20.9 Å². The van der Waals surface area contributed by atoms with Gasteiger partial charge in [-0.15, -0.1) is 27.8 Å². The molecule has 0 aliphatic heterocycles. The third kappa shape index (κ3) is 3.23. The molecule has 1 aliphatic carbocycles. The van der Waals surface area contributed by atoms with Gasteiger partial charge < -0.3 is 5.32 Å². The molecule has 25 heavy (non-hydrogen) atoms. The fourth-order valence-corrected chi connectivity index (χ4v) is 5.15. The van der Waals surface area contributed by atoms with Gasteiger partial charge in [0.15, 0.2) is 4.83 Å². The van der Waals surface area contributed by atoms with E-state index in [1.165, 1.54) is 9.56 Å². The monoisotopic (exact) mass is 374 g/mol. The molecular formula is C17H18N4O2S2. The quantitative estimate of drug-likeness (QED) is 0.760. The van der Waals surface area contributed by atoms with E-state index in [4.69, 9.17) is 0 Å². The Kier molecular flexibility index (Phi) is 4.39. The van der Waals surface area contributed by atoms with Gasteiger partial charge in [-0.05, 0) is 42.2 Å². The summed E-state index contributed by atoms with van der Waals surface area (Å²) in [6.07, 6.45) is 2.99. The zero-order valence-electron chi connectivity index (χ0n) is 13.8. The molecule has 1 amide bonds. The van der Waals surface area contributed by atoms with Crippen molar-refractivity contribution in [2.24, 2.45) is 5.92 Å². The van der Waals surface area contributed by atoms with Crippen molar-refractivity contribution in [3.63, 3.8) is 0 Å². The Labute approximate surface area is 152 Å². The lowest BCUT2D eigenvalue weighted by atomic mass is 9.89. The number of rotatable bonds is 4. The molecule has 4 rings (SSSR count). The van der Waals surface area contributed by atoms with Crippen LogP contribution in [0.25, 0.3) is 10.2 Å². The number of nitrogens with zero attached hydrogens (tertiary/aromatic N) is 3. The highest BCUT2D eigenvalue weighted by molar-refractivity contribution is 7.18. The molecule has 0 aromatic carbocycles. The van der Waals surface area contributed by atoms with Crippen molar-refractivity contribution < 1.29 is 4.79 Å². The summed E-state index contributed by atoms with van der Waals surface area (Å²) in [5.74, 6) is 0.403. The maximum absolute atomic E-state index is 12.8. The van der Waals surface area contributed by atoms with Gasteiger partial charge in [-0.3, -0.25) is 9.59 Å². The molecule has 1 aliphatic rings. The zero-order chi connectivity index (χ0) is 17.4. The number of fused-ring (bicyclic) bond motifs is 3. The molecule has 3 aromatic rings. The molecular weight excluding hydrogens is 356 g/mol. The molecule has 1 atom stereocenters. The summed E-state index contributed by atoms with van der Waals surface area (Å²) >= 11 is 3.15. The number of aryl methyl sites for hydroxylation is 1. The van der Waals surface area contributed by atoms with Gasteiger partial charge in [0.2, 0.25) is 5.91 Å². The van der Waals surface area contributed by atoms with E-state index in [0.717, 1.165) is 29.7 Å². The fraction of sp³-hybridized carbons (Fsp3) is 0.412. The van der Waals surface area contributed by atoms with Gasteiger partial charge in [0, 0.05) is 9.75 Å². The average Bonchev–Trinajstić information content (AvgIpc) is 3.22. The topological polar surface area (TPSA) is 76.9 Å². The Hall–Kier alpha value is -2.06. The van der Waals surface area contributed by atoms with Gasteiger partial charge in [-0.2, -0.15) is 0 Å². The molecule has 0 fully saturated rings. The van der Waals surface area contributed by atoms with Crippen molar-refractivity contribution in [3.8, 4) is 0 Å². The van der Waals surface area contributed by atoms with Crippen LogP contribution in [-0.2, 0) is 30.7 Å². The number of nitrogens with one attached hydrogen (secondary N) is 1. The predicted molar refractivity (Wildman–Crippen MR) is 99.0 cm³/mol. The van der Waals surface area contributed by atoms with Crippen molar-refractivity contribution in [1.82, 2.24) is 20.3 Å². The minimum atomic E-state index is -0.234. The summed E-state index contributed by atoms with van der Waals surface area (Å²) in [4.78, 5) is 28.0. The van der Waals surface area contributed by atoms with Crippen LogP contribution in [0.1, 0.15) is 28.7 Å². The first kappa shape index (κ1) is 16.4. The van der Waals surface area contributed by atoms with E-state index in [2.05, 4.69) is 22.6 Å². The molecule has 0 radical (unpaired) electrons. The molecule has 0 saturated carbocycles. The summed E-state index contributed by atoms with van der Waals surface area (Å²) in [5, 5.41) is 13.6. The molecule has 1 unspecified atom stereocenters. The van der Waals surface area contributed by atoms with Crippen molar-refractivity contribution in [2.45, 2.75) is 39.3 Å². The van der Waals surface area contributed by atoms with E-state index in [0.29, 0.717) is 22.7 Å². The van der Waals surface area contributed by atoms with E-state index in [1.54, 1.807) is 22.7 Å². The number of hydrogen-bond donors (Lipinski definition) is 1. The van der Waals surface area contributed by atoms with Crippen LogP contribution in [0.2, 0.25) is 0 Å². The lowest BCUT2D eigenvalue weighted by molar-refractivity contribution is -0.122. The molecule has 6 nitrogen and oxygen atoms in total. The maximum Gasteiger partial charge on any atom is 0.279 e. The van der Waals surface area contributed by atoms with E-state index < -0.39 is 0 Å². The van der Waals surface area contributed by atoms with Crippen LogP contribution in [0.5, 0.6) is 0 Å². The molecule has 3 heterocycles. The van der Waals surface area contributed by atoms with Gasteiger partial charge in [-0.25, -0.2) is 4.68 Å². The molecule has 0 saturated heterocycles. The third-order valence-corrected chi connectivity index (χ3v) is 6.53. The molecule has 1 N–H and O–H groups in total. The van der Waals surface area contributed by atoms with Gasteiger partial charge in [0.05, 0.1) is 11.9 Å². The van der Waals surface area contributed by atoms with Crippen LogP contribution in [0.15, 0.2) is 22.3 Å². The van der Waals surface area contributed by atoms with Crippen molar-refractivity contribution in [1.29, 1.82) is 0 Å². The Morgan fingerprint density at radius 1 is 1.48 bits per heavy atom. The number of aromatic nitrogens is 3. The minimum Gasteiger partial charge on any atom is -0.350 e. The second kappa shape index (κ2) is 6.68. The van der Waals surface area contributed by atoms with Crippen LogP contribution in [0, 0.1) is 5.92 Å². The highest BCUT2D eigenvalue weighted by Crippen LogP contribution is 2.35. The Bertz CT molecular complexity index is 975. The van der Waals surface area contributed by atoms with Crippen molar-refractivity contribution in [3.05, 3.63) is 43.2 Å². The Balaban J connectivity index is 1.57. The zero-order valence-corrected chi connectivity index (χ0v) is 15.5. The SMILES string of the molecule is CC1CCc2c(sc3nnn(CC(=O)NCc4cccs4)c(=O)c23)C1. The van der Waals surface area contributed by atoms with Crippen molar-refractivity contribution >= 4 is 38.8 Å². The highest BCUT2D eigenvalue weighted by Gasteiger charge is 2.24. The standard InChI is InChI=1S/C17H18N4O2S2/c1-10-4-5-12-13(7-10)25-16-15(12)17(23)21(20-19-16)9-14(22)18-8-11-3-2-6-24-11/h2-3,6,10H,4-5,7-9H2,1H3,(H,18,22). The number of carbonyl (C=O) groups excluding carboxylic acids is 1. The summed E-state index contributed by atoms with van der Waals surface area (Å²) in [7, 11) is 0. The van der Waals surface area contributed by atoms with E-state index in [-0.39, 0.29) is 18.0 Å². The second-order valence-electron chi connectivity index (χ2n) is 6.44. The fourth-order valence-electron chi connectivity index (χ4n) is 3.19. The normalized spacial score (nSPS) is 16.8. The molecule has 130 valence electrons. The highest BCUT2D eigenvalue weighted by atomic mass is 32.1. The number of amides is 1. The number of thiophene rings is 2. The second-order valence-corrected chi connectivity index (χ2v) is 8.56. The first-order valence-electron chi connectivity index (χ1n) is 8.29. The van der Waals surface area contributed by atoms with Crippen LogP contribution < -0.4 is 10.9 Å². The van der Waals surface area contributed by atoms with Crippen LogP contribution in [0.4, 0.5) is 0 Å². The Morgan fingerprint density at radius 2 is 2.36 bits per heavy atom. The number of hydrogen-bond acceptors (Lipinski definition) is 6. The molecule has 3 aromatic heterocycles. The lowest BCUT2D eigenvalue weighted by Crippen LogP contribution is -2.34. The van der Waals surface area contributed by atoms with Gasteiger partial charge in [-0.1, -0.05) is 18.2 Å². The lowest BCUT2D eigenvalue weighted by Gasteiger charge is -2.17. The first-order chi connectivity index (χ1) is 12.1. The third-order valence-electron chi connectivity index (χ3n) is 4.52. The summed E-state index contributed by atoms with van der Waals surface area (Å²) < 4.78 is 1.18. The number of carbonyl (C=O) groups is 1. The van der Waals surface area contributed by atoms with Crippen LogP contribution in [0.3, 0.4) is 0 Å². The minimum absolute atomic E-state index is 0.103. The molecule has 0 bridgehead atoms. The van der Waals surface area contributed by atoms with Gasteiger partial charge in [0.25, 0.3) is 5.56 Å². The predicted octanol–water partition coefficient (Wildman–Crippen LogP) is 2.36. The van der Waals surface area contributed by atoms with Crippen molar-refractivity contribution in [2.75, 3.05) is 0 Å². The van der Waals surface area contributed by atoms with E-state index in [9.17, 15) is 9.59 Å². The first-order valence-corrected chi connectivity index (χ1v) is 9.98.